The summed E-state index contributed by atoms with van der Waals surface area (Å²) in [6.45, 7) is 0. The van der Waals surface area contributed by atoms with Gasteiger partial charge in [0.2, 0.25) is 0 Å². The van der Waals surface area contributed by atoms with E-state index in [2.05, 4.69) is 9.97 Å². The number of nitrogens with one attached hydrogen (secondary N) is 1. The van der Waals surface area contributed by atoms with E-state index in [1.54, 1.807) is 6.20 Å². The number of rotatable bonds is 4. The lowest BCUT2D eigenvalue weighted by molar-refractivity contribution is -0.123. The number of hydrogen-bond acceptors (Lipinski definition) is 3. The van der Waals surface area contributed by atoms with Gasteiger partial charge in [-0.1, -0.05) is 19.3 Å². The summed E-state index contributed by atoms with van der Waals surface area (Å²) in [6.07, 6.45) is 8.09. The number of carbonyl (C=O) groups excluding carboxylic acids is 1. The van der Waals surface area contributed by atoms with Crippen LogP contribution in [0.25, 0.3) is 0 Å². The van der Waals surface area contributed by atoms with Crippen LogP contribution in [-0.4, -0.2) is 15.8 Å². The average molecular weight is 231 g/mol. The summed E-state index contributed by atoms with van der Waals surface area (Å²) in [5.41, 5.74) is 0.839. The van der Waals surface area contributed by atoms with E-state index in [9.17, 15) is 4.79 Å². The van der Waals surface area contributed by atoms with Crippen molar-refractivity contribution in [3.05, 3.63) is 17.7 Å². The van der Waals surface area contributed by atoms with Crippen LogP contribution in [0.5, 0.6) is 0 Å². The molecule has 0 aliphatic heterocycles. The molecule has 0 amide bonds. The van der Waals surface area contributed by atoms with E-state index >= 15 is 0 Å². The van der Waals surface area contributed by atoms with Crippen LogP contribution < -0.4 is 0 Å². The lowest BCUT2D eigenvalue weighted by atomic mass is 9.85. The molecule has 1 N–H and O–H groups in total. The number of aromatic nitrogens is 2. The van der Waals surface area contributed by atoms with Gasteiger partial charge in [-0.15, -0.1) is 0 Å². The highest BCUT2D eigenvalue weighted by Gasteiger charge is 2.21. The van der Waals surface area contributed by atoms with Gasteiger partial charge in [0.05, 0.1) is 12.5 Å². The number of nitriles is 1. The molecule has 1 aliphatic rings. The fourth-order valence-electron chi connectivity index (χ4n) is 2.42. The summed E-state index contributed by atoms with van der Waals surface area (Å²) in [5, 5.41) is 8.54. The van der Waals surface area contributed by atoms with Gasteiger partial charge in [0.25, 0.3) is 0 Å². The molecule has 1 aliphatic carbocycles. The largest absolute Gasteiger partial charge is 0.345 e. The van der Waals surface area contributed by atoms with E-state index in [1.165, 1.54) is 19.3 Å². The van der Waals surface area contributed by atoms with Gasteiger partial charge in [-0.25, -0.2) is 4.98 Å². The number of aromatic amines is 1. The van der Waals surface area contributed by atoms with E-state index in [1.807, 2.05) is 6.07 Å². The van der Waals surface area contributed by atoms with Crippen molar-refractivity contribution in [3.8, 4) is 6.07 Å². The van der Waals surface area contributed by atoms with Crippen LogP contribution in [0.1, 0.15) is 43.6 Å². The van der Waals surface area contributed by atoms with Gasteiger partial charge in [0.15, 0.2) is 0 Å². The Morgan fingerprint density at radius 2 is 2.24 bits per heavy atom. The first-order valence-corrected chi connectivity index (χ1v) is 6.22. The number of hydrogen-bond donors (Lipinski definition) is 1. The smallest absolute Gasteiger partial charge is 0.141 e. The maximum atomic E-state index is 12.0. The molecule has 0 aromatic carbocycles. The Kier molecular flexibility index (Phi) is 3.92. The second-order valence-corrected chi connectivity index (χ2v) is 4.67. The average Bonchev–Trinajstić information content (AvgIpc) is 2.78. The molecule has 4 nitrogen and oxygen atoms in total. The zero-order chi connectivity index (χ0) is 12.1. The highest BCUT2D eigenvalue weighted by Crippen LogP contribution is 2.25. The molecule has 1 aromatic rings. The molecule has 0 saturated heterocycles. The molecule has 90 valence electrons. The van der Waals surface area contributed by atoms with E-state index < -0.39 is 0 Å². The van der Waals surface area contributed by atoms with Crippen molar-refractivity contribution in [3.63, 3.8) is 0 Å². The van der Waals surface area contributed by atoms with Crippen LogP contribution in [0.15, 0.2) is 6.20 Å². The molecule has 0 radical (unpaired) electrons. The van der Waals surface area contributed by atoms with Crippen LogP contribution in [0, 0.1) is 17.2 Å². The third-order valence-electron chi connectivity index (χ3n) is 3.35. The maximum absolute atomic E-state index is 12.0. The minimum atomic E-state index is 0.242. The summed E-state index contributed by atoms with van der Waals surface area (Å²) in [6, 6.07) is 2.04. The van der Waals surface area contributed by atoms with Gasteiger partial charge in [-0.05, 0) is 12.8 Å². The summed E-state index contributed by atoms with van der Waals surface area (Å²) >= 11 is 0. The van der Waals surface area contributed by atoms with Crippen molar-refractivity contribution in [1.29, 1.82) is 5.26 Å². The minimum absolute atomic E-state index is 0.242. The number of imidazole rings is 1. The standard InChI is InChI=1S/C13H17N3O/c14-7-6-13-15-9-11(16-13)8-12(17)10-4-2-1-3-5-10/h9-10H,1-6,8H2,(H,15,16). The maximum Gasteiger partial charge on any atom is 0.141 e. The Labute approximate surface area is 101 Å². The molecule has 1 fully saturated rings. The highest BCUT2D eigenvalue weighted by molar-refractivity contribution is 5.82. The van der Waals surface area contributed by atoms with Crippen LogP contribution in [0.3, 0.4) is 0 Å². The van der Waals surface area contributed by atoms with Gasteiger partial charge >= 0.3 is 0 Å². The Morgan fingerprint density at radius 1 is 1.47 bits per heavy atom. The van der Waals surface area contributed by atoms with Crippen molar-refractivity contribution in [1.82, 2.24) is 9.97 Å². The molecule has 0 bridgehead atoms. The normalized spacial score (nSPS) is 16.6. The van der Waals surface area contributed by atoms with Gasteiger partial charge in [0, 0.05) is 24.2 Å². The molecule has 2 rings (SSSR count). The SMILES string of the molecule is N#CCc1ncc(CC(=O)C2CCCCC2)[nH]1. The summed E-state index contributed by atoms with van der Waals surface area (Å²) < 4.78 is 0. The van der Waals surface area contributed by atoms with Gasteiger partial charge in [0.1, 0.15) is 11.6 Å². The summed E-state index contributed by atoms with van der Waals surface area (Å²) in [4.78, 5) is 19.1. The summed E-state index contributed by atoms with van der Waals surface area (Å²) in [7, 11) is 0. The van der Waals surface area contributed by atoms with Crippen molar-refractivity contribution in [2.24, 2.45) is 5.92 Å². The number of ketones is 1. The predicted molar refractivity (Wildman–Crippen MR) is 63.2 cm³/mol. The van der Waals surface area contributed by atoms with Crippen LogP contribution in [-0.2, 0) is 17.6 Å². The van der Waals surface area contributed by atoms with E-state index in [0.717, 1.165) is 18.5 Å². The number of carbonyl (C=O) groups is 1. The Hall–Kier alpha value is -1.63. The molecule has 1 heterocycles. The third-order valence-corrected chi connectivity index (χ3v) is 3.35. The number of nitrogens with zero attached hydrogens (tertiary/aromatic N) is 2. The zero-order valence-electron chi connectivity index (χ0n) is 9.91. The van der Waals surface area contributed by atoms with Gasteiger partial charge in [-0.3, -0.25) is 4.79 Å². The first-order chi connectivity index (χ1) is 8.29. The Bertz CT molecular complexity index is 424. The zero-order valence-corrected chi connectivity index (χ0v) is 9.91. The van der Waals surface area contributed by atoms with E-state index in [4.69, 9.17) is 5.26 Å². The Morgan fingerprint density at radius 3 is 2.94 bits per heavy atom. The molecule has 1 aromatic heterocycles. The monoisotopic (exact) mass is 231 g/mol. The van der Waals surface area contributed by atoms with Crippen molar-refractivity contribution < 1.29 is 4.79 Å². The topological polar surface area (TPSA) is 69.5 Å². The molecular weight excluding hydrogens is 214 g/mol. The van der Waals surface area contributed by atoms with Crippen LogP contribution >= 0.6 is 0 Å². The fourth-order valence-corrected chi connectivity index (χ4v) is 2.42. The predicted octanol–water partition coefficient (Wildman–Crippen LogP) is 2.17. The number of Topliss-reactive ketones (excluding diaryl/α,β-unsaturated/α-hetero) is 1. The molecule has 0 spiro atoms. The van der Waals surface area contributed by atoms with E-state index in [-0.39, 0.29) is 12.3 Å². The quantitative estimate of drug-likeness (QED) is 0.863. The van der Waals surface area contributed by atoms with Crippen molar-refractivity contribution in [2.75, 3.05) is 0 Å². The van der Waals surface area contributed by atoms with Gasteiger partial charge < -0.3 is 4.98 Å². The molecule has 0 unspecified atom stereocenters. The molecule has 17 heavy (non-hydrogen) atoms. The first kappa shape index (κ1) is 11.8. The van der Waals surface area contributed by atoms with Crippen LogP contribution in [0.2, 0.25) is 0 Å². The van der Waals surface area contributed by atoms with Crippen LogP contribution in [0.4, 0.5) is 0 Å². The van der Waals surface area contributed by atoms with Crippen molar-refractivity contribution in [2.45, 2.75) is 44.9 Å². The second kappa shape index (κ2) is 5.62. The highest BCUT2D eigenvalue weighted by atomic mass is 16.1. The van der Waals surface area contributed by atoms with E-state index in [0.29, 0.717) is 18.0 Å². The lowest BCUT2D eigenvalue weighted by Gasteiger charge is -2.19. The molecule has 0 atom stereocenters. The Balaban J connectivity index is 1.90. The fraction of sp³-hybridized carbons (Fsp3) is 0.615. The molecular formula is C13H17N3O. The third kappa shape index (κ3) is 3.16. The van der Waals surface area contributed by atoms with Crippen molar-refractivity contribution >= 4 is 5.78 Å². The molecule has 4 heteroatoms. The second-order valence-electron chi connectivity index (χ2n) is 4.67. The first-order valence-electron chi connectivity index (χ1n) is 6.22. The summed E-state index contributed by atoms with van der Waals surface area (Å²) in [5.74, 6) is 1.21. The lowest BCUT2D eigenvalue weighted by Crippen LogP contribution is -2.19. The molecule has 1 saturated carbocycles. The number of H-pyrrole nitrogens is 1. The van der Waals surface area contributed by atoms with Gasteiger partial charge in [-0.2, -0.15) is 5.26 Å². The minimum Gasteiger partial charge on any atom is -0.345 e.